The van der Waals surface area contributed by atoms with Crippen LogP contribution in [0.25, 0.3) is 0 Å². The summed E-state index contributed by atoms with van der Waals surface area (Å²) in [6.45, 7) is 4.16. The molecule has 1 fully saturated rings. The van der Waals surface area contributed by atoms with Gasteiger partial charge in [0.25, 0.3) is 0 Å². The molecule has 3 unspecified atom stereocenters. The van der Waals surface area contributed by atoms with Crippen molar-refractivity contribution in [2.75, 3.05) is 31.7 Å². The van der Waals surface area contributed by atoms with Crippen LogP contribution >= 0.6 is 0 Å². The normalized spacial score (nSPS) is 24.4. The zero-order valence-electron chi connectivity index (χ0n) is 15.1. The van der Waals surface area contributed by atoms with Gasteiger partial charge in [-0.25, -0.2) is 0 Å². The fourth-order valence-corrected chi connectivity index (χ4v) is 3.94. The van der Waals surface area contributed by atoms with E-state index in [1.54, 1.807) is 7.11 Å². The first-order valence-electron chi connectivity index (χ1n) is 9.06. The lowest BCUT2D eigenvalue weighted by atomic mass is 9.94. The fraction of sp³-hybridized carbons (Fsp3) is 0.429. The second-order valence-corrected chi connectivity index (χ2v) is 6.48. The highest BCUT2D eigenvalue weighted by Gasteiger charge is 2.42. The lowest BCUT2D eigenvalue weighted by Gasteiger charge is -2.52. The van der Waals surface area contributed by atoms with E-state index in [2.05, 4.69) is 65.3 Å². The number of aliphatic hydroxyl groups is 1. The van der Waals surface area contributed by atoms with E-state index in [1.807, 2.05) is 12.1 Å². The van der Waals surface area contributed by atoms with Crippen molar-refractivity contribution in [3.05, 3.63) is 66.2 Å². The molecule has 1 N–H and O–H groups in total. The molecule has 0 bridgehead atoms. The fourth-order valence-electron chi connectivity index (χ4n) is 3.94. The third-order valence-corrected chi connectivity index (χ3v) is 5.07. The Labute approximate surface area is 150 Å². The lowest BCUT2D eigenvalue weighted by molar-refractivity contribution is -0.0728. The first-order valence-corrected chi connectivity index (χ1v) is 9.06. The summed E-state index contributed by atoms with van der Waals surface area (Å²) >= 11 is 0. The van der Waals surface area contributed by atoms with Crippen molar-refractivity contribution in [2.45, 2.75) is 31.7 Å². The molecule has 4 nitrogen and oxygen atoms in total. The number of anilines is 1. The maximum absolute atomic E-state index is 9.65. The van der Waals surface area contributed by atoms with Crippen molar-refractivity contribution in [1.82, 2.24) is 4.90 Å². The number of hydrogen-bond acceptors (Lipinski definition) is 4. The van der Waals surface area contributed by atoms with Crippen LogP contribution in [0.15, 0.2) is 60.7 Å². The van der Waals surface area contributed by atoms with Gasteiger partial charge in [-0.1, -0.05) is 55.5 Å². The number of ether oxygens (including phenoxy) is 1. The Morgan fingerprint density at radius 2 is 1.68 bits per heavy atom. The minimum Gasteiger partial charge on any atom is -0.396 e. The Morgan fingerprint density at radius 3 is 2.24 bits per heavy atom. The van der Waals surface area contributed by atoms with Gasteiger partial charge in [-0.15, -0.1) is 0 Å². The first kappa shape index (κ1) is 17.9. The summed E-state index contributed by atoms with van der Waals surface area (Å²) in [5.41, 5.74) is 2.41. The number of nitrogens with zero attached hydrogens (tertiary/aromatic N) is 2. The van der Waals surface area contributed by atoms with Crippen LogP contribution in [0, 0.1) is 0 Å². The number of hydrogen-bond donors (Lipinski definition) is 1. The summed E-state index contributed by atoms with van der Waals surface area (Å²) in [5, 5.41) is 9.65. The summed E-state index contributed by atoms with van der Waals surface area (Å²) < 4.78 is 5.96. The van der Waals surface area contributed by atoms with E-state index >= 15 is 0 Å². The third kappa shape index (κ3) is 3.71. The van der Waals surface area contributed by atoms with Crippen LogP contribution < -0.4 is 4.90 Å². The number of methoxy groups -OCH3 is 1. The molecule has 0 aliphatic carbocycles. The Kier molecular flexibility index (Phi) is 6.08. The summed E-state index contributed by atoms with van der Waals surface area (Å²) in [6, 6.07) is 21.3. The minimum atomic E-state index is -0.0254. The molecule has 0 radical (unpaired) electrons. The average Bonchev–Trinajstić information content (AvgIpc) is 2.68. The Morgan fingerprint density at radius 1 is 1.04 bits per heavy atom. The number of para-hydroxylation sites is 1. The average molecular weight is 340 g/mol. The maximum Gasteiger partial charge on any atom is 0.135 e. The van der Waals surface area contributed by atoms with E-state index < -0.39 is 0 Å². The molecule has 0 spiro atoms. The van der Waals surface area contributed by atoms with Gasteiger partial charge in [0.05, 0.1) is 6.04 Å². The van der Waals surface area contributed by atoms with Gasteiger partial charge in [0.1, 0.15) is 6.23 Å². The van der Waals surface area contributed by atoms with Crippen LogP contribution in [0.3, 0.4) is 0 Å². The molecule has 0 saturated carbocycles. The van der Waals surface area contributed by atoms with E-state index in [1.165, 1.54) is 11.3 Å². The van der Waals surface area contributed by atoms with E-state index in [9.17, 15) is 5.11 Å². The van der Waals surface area contributed by atoms with Gasteiger partial charge in [-0.3, -0.25) is 4.90 Å². The second-order valence-electron chi connectivity index (χ2n) is 6.48. The van der Waals surface area contributed by atoms with Gasteiger partial charge in [-0.05, 0) is 30.7 Å². The lowest BCUT2D eigenvalue weighted by Crippen LogP contribution is -2.60. The van der Waals surface area contributed by atoms with Crippen LogP contribution in [-0.2, 0) is 4.74 Å². The van der Waals surface area contributed by atoms with Crippen molar-refractivity contribution < 1.29 is 9.84 Å². The Bertz CT molecular complexity index is 635. The van der Waals surface area contributed by atoms with Crippen LogP contribution in [0.2, 0.25) is 0 Å². The highest BCUT2D eigenvalue weighted by molar-refractivity contribution is 5.51. The molecule has 2 aromatic carbocycles. The van der Waals surface area contributed by atoms with Crippen LogP contribution in [0.5, 0.6) is 0 Å². The zero-order chi connectivity index (χ0) is 17.6. The predicted molar refractivity (Wildman–Crippen MR) is 102 cm³/mol. The standard InChI is InChI=1S/C21H28N2O2/c1-3-22-16-19(14-15-24)23(18-12-8-5-9-13-18)20(21(22)25-2)17-10-6-4-7-11-17/h4-13,19-21,24H,3,14-16H2,1-2H3. The quantitative estimate of drug-likeness (QED) is 0.875. The number of benzene rings is 2. The van der Waals surface area contributed by atoms with Gasteiger partial charge in [0, 0.05) is 32.0 Å². The molecular weight excluding hydrogens is 312 g/mol. The molecule has 0 aromatic heterocycles. The molecule has 3 atom stereocenters. The summed E-state index contributed by atoms with van der Waals surface area (Å²) in [6.07, 6.45) is 0.716. The van der Waals surface area contributed by atoms with Gasteiger partial charge >= 0.3 is 0 Å². The van der Waals surface area contributed by atoms with Crippen molar-refractivity contribution in [3.63, 3.8) is 0 Å². The van der Waals surface area contributed by atoms with E-state index in [4.69, 9.17) is 4.74 Å². The van der Waals surface area contributed by atoms with Gasteiger partial charge in [0.15, 0.2) is 0 Å². The zero-order valence-corrected chi connectivity index (χ0v) is 15.1. The SMILES string of the molecule is CCN1CC(CCO)N(c2ccccc2)C(c2ccccc2)C1OC. The number of likely N-dealkylation sites (N-methyl/N-ethyl adjacent to an activating group) is 1. The minimum absolute atomic E-state index is 0.0254. The molecule has 1 aliphatic heterocycles. The predicted octanol–water partition coefficient (Wildman–Crippen LogP) is 3.29. The van der Waals surface area contributed by atoms with E-state index in [0.717, 1.165) is 19.5 Å². The van der Waals surface area contributed by atoms with Crippen molar-refractivity contribution in [2.24, 2.45) is 0 Å². The molecule has 4 heteroatoms. The molecular formula is C21H28N2O2. The van der Waals surface area contributed by atoms with Gasteiger partial charge < -0.3 is 14.7 Å². The summed E-state index contributed by atoms with van der Waals surface area (Å²) in [5.74, 6) is 0. The molecule has 134 valence electrons. The van der Waals surface area contributed by atoms with Crippen LogP contribution in [-0.4, -0.2) is 49.1 Å². The summed E-state index contributed by atoms with van der Waals surface area (Å²) in [4.78, 5) is 4.81. The van der Waals surface area contributed by atoms with Crippen molar-refractivity contribution in [1.29, 1.82) is 0 Å². The van der Waals surface area contributed by atoms with Gasteiger partial charge in [0.2, 0.25) is 0 Å². The highest BCUT2D eigenvalue weighted by Crippen LogP contribution is 2.38. The van der Waals surface area contributed by atoms with E-state index in [-0.39, 0.29) is 24.9 Å². The second kappa shape index (κ2) is 8.48. The molecule has 1 aliphatic rings. The van der Waals surface area contributed by atoms with Crippen molar-refractivity contribution in [3.8, 4) is 0 Å². The van der Waals surface area contributed by atoms with E-state index in [0.29, 0.717) is 0 Å². The number of piperazine rings is 1. The Balaban J connectivity index is 2.09. The third-order valence-electron chi connectivity index (χ3n) is 5.07. The summed E-state index contributed by atoms with van der Waals surface area (Å²) in [7, 11) is 1.79. The smallest absolute Gasteiger partial charge is 0.135 e. The number of aliphatic hydroxyl groups excluding tert-OH is 1. The monoisotopic (exact) mass is 340 g/mol. The highest BCUT2D eigenvalue weighted by atomic mass is 16.5. The molecule has 2 aromatic rings. The largest absolute Gasteiger partial charge is 0.396 e. The maximum atomic E-state index is 9.65. The molecule has 0 amide bonds. The molecule has 3 rings (SSSR count). The van der Waals surface area contributed by atoms with Crippen LogP contribution in [0.4, 0.5) is 5.69 Å². The van der Waals surface area contributed by atoms with Crippen LogP contribution in [0.1, 0.15) is 24.9 Å². The first-order chi connectivity index (χ1) is 12.3. The topological polar surface area (TPSA) is 35.9 Å². The molecule has 25 heavy (non-hydrogen) atoms. The molecule has 1 saturated heterocycles. The van der Waals surface area contributed by atoms with Crippen molar-refractivity contribution >= 4 is 5.69 Å². The molecule has 1 heterocycles. The number of rotatable bonds is 6. The Hall–Kier alpha value is -1.88. The van der Waals surface area contributed by atoms with Gasteiger partial charge in [-0.2, -0.15) is 0 Å².